The van der Waals surface area contributed by atoms with Crippen molar-refractivity contribution < 1.29 is 17.6 Å². The van der Waals surface area contributed by atoms with Crippen LogP contribution in [0, 0.1) is 0 Å². The number of hydrogen-bond donors (Lipinski definition) is 2. The topological polar surface area (TPSA) is 106 Å². The van der Waals surface area contributed by atoms with Gasteiger partial charge in [0, 0.05) is 25.5 Å². The maximum absolute atomic E-state index is 11.9. The van der Waals surface area contributed by atoms with Crippen molar-refractivity contribution in [3.8, 4) is 0 Å². The van der Waals surface area contributed by atoms with Crippen molar-refractivity contribution in [2.75, 3.05) is 24.3 Å². The molecule has 0 aliphatic carbocycles. The Morgan fingerprint density at radius 2 is 1.76 bits per heavy atom. The molecular weight excluding hydrogens is 294 g/mol. The van der Waals surface area contributed by atoms with E-state index in [9.17, 15) is 13.2 Å². The summed E-state index contributed by atoms with van der Waals surface area (Å²) in [6.07, 6.45) is 0. The Kier molecular flexibility index (Phi) is 4.01. The largest absolute Gasteiger partial charge is 0.438 e. The molecule has 0 saturated carbocycles. The van der Waals surface area contributed by atoms with E-state index in [1.807, 2.05) is 31.1 Å². The molecule has 1 aromatic carbocycles. The summed E-state index contributed by atoms with van der Waals surface area (Å²) in [5.74, 6) is -0.682. The number of furan rings is 1. The van der Waals surface area contributed by atoms with E-state index < -0.39 is 21.0 Å². The van der Waals surface area contributed by atoms with Crippen molar-refractivity contribution in [3.05, 3.63) is 42.2 Å². The van der Waals surface area contributed by atoms with Crippen LogP contribution in [0.4, 0.5) is 11.4 Å². The van der Waals surface area contributed by atoms with E-state index in [0.29, 0.717) is 5.69 Å². The molecule has 0 unspecified atom stereocenters. The lowest BCUT2D eigenvalue weighted by Crippen LogP contribution is -2.13. The second-order valence-electron chi connectivity index (χ2n) is 4.56. The quantitative estimate of drug-likeness (QED) is 0.884. The molecule has 2 aromatic rings. The molecule has 0 saturated heterocycles. The van der Waals surface area contributed by atoms with Crippen LogP contribution in [0.1, 0.15) is 10.6 Å². The highest BCUT2D eigenvalue weighted by Crippen LogP contribution is 2.18. The number of nitrogens with one attached hydrogen (secondary N) is 1. The fourth-order valence-electron chi connectivity index (χ4n) is 1.63. The van der Waals surface area contributed by atoms with Gasteiger partial charge in [-0.3, -0.25) is 4.79 Å². The molecular formula is C13H15N3O4S. The number of sulfonamides is 1. The third kappa shape index (κ3) is 3.61. The summed E-state index contributed by atoms with van der Waals surface area (Å²) in [5, 5.41) is 7.06. The van der Waals surface area contributed by atoms with Gasteiger partial charge in [-0.25, -0.2) is 13.6 Å². The molecule has 1 aromatic heterocycles. The number of nitrogens with two attached hydrogens (primary N) is 1. The highest BCUT2D eigenvalue weighted by atomic mass is 32.2. The molecule has 21 heavy (non-hydrogen) atoms. The van der Waals surface area contributed by atoms with Crippen LogP contribution in [0.25, 0.3) is 0 Å². The minimum atomic E-state index is -3.96. The first-order valence-corrected chi connectivity index (χ1v) is 7.53. The first-order chi connectivity index (χ1) is 9.77. The smallest absolute Gasteiger partial charge is 0.291 e. The number of primary sulfonamides is 1. The third-order valence-electron chi connectivity index (χ3n) is 2.73. The van der Waals surface area contributed by atoms with Gasteiger partial charge in [0.15, 0.2) is 5.76 Å². The number of carbonyl (C=O) groups is 1. The molecule has 8 heteroatoms. The Balaban J connectivity index is 2.12. The van der Waals surface area contributed by atoms with Gasteiger partial charge in [-0.15, -0.1) is 0 Å². The van der Waals surface area contributed by atoms with Crippen molar-refractivity contribution in [1.29, 1.82) is 0 Å². The molecule has 0 aliphatic heterocycles. The van der Waals surface area contributed by atoms with Crippen molar-refractivity contribution >= 4 is 27.3 Å². The van der Waals surface area contributed by atoms with Crippen LogP contribution in [0.15, 0.2) is 45.9 Å². The number of hydrogen-bond acceptors (Lipinski definition) is 5. The van der Waals surface area contributed by atoms with Crippen molar-refractivity contribution in [1.82, 2.24) is 0 Å². The molecule has 0 bridgehead atoms. The van der Waals surface area contributed by atoms with Crippen LogP contribution >= 0.6 is 0 Å². The van der Waals surface area contributed by atoms with Crippen molar-refractivity contribution in [2.24, 2.45) is 5.14 Å². The number of nitrogens with zero attached hydrogens (tertiary/aromatic N) is 1. The minimum Gasteiger partial charge on any atom is -0.438 e. The van der Waals surface area contributed by atoms with Crippen LogP contribution in [0.3, 0.4) is 0 Å². The summed E-state index contributed by atoms with van der Waals surface area (Å²) in [6.45, 7) is 0. The monoisotopic (exact) mass is 309 g/mol. The molecule has 0 spiro atoms. The van der Waals surface area contributed by atoms with E-state index in [0.717, 1.165) is 11.8 Å². The predicted octanol–water partition coefficient (Wildman–Crippen LogP) is 1.25. The summed E-state index contributed by atoms with van der Waals surface area (Å²) in [7, 11) is -0.140. The zero-order chi connectivity index (χ0) is 15.6. The van der Waals surface area contributed by atoms with Gasteiger partial charge in [0.05, 0.1) is 0 Å². The van der Waals surface area contributed by atoms with E-state index in [2.05, 4.69) is 5.32 Å². The molecule has 0 fully saturated rings. The normalized spacial score (nSPS) is 11.2. The van der Waals surface area contributed by atoms with Crippen LogP contribution < -0.4 is 15.4 Å². The van der Waals surface area contributed by atoms with Crippen LogP contribution in [-0.4, -0.2) is 28.4 Å². The second-order valence-corrected chi connectivity index (χ2v) is 6.05. The highest BCUT2D eigenvalue weighted by molar-refractivity contribution is 7.89. The van der Waals surface area contributed by atoms with E-state index in [1.54, 1.807) is 12.1 Å². The lowest BCUT2D eigenvalue weighted by molar-refractivity contribution is 0.0991. The molecule has 2 rings (SSSR count). The zero-order valence-corrected chi connectivity index (χ0v) is 12.3. The first kappa shape index (κ1) is 15.1. The minimum absolute atomic E-state index is 0.129. The van der Waals surface area contributed by atoms with Gasteiger partial charge in [-0.05, 0) is 36.4 Å². The van der Waals surface area contributed by atoms with Gasteiger partial charge in [-0.2, -0.15) is 0 Å². The second kappa shape index (κ2) is 5.58. The predicted molar refractivity (Wildman–Crippen MR) is 78.8 cm³/mol. The van der Waals surface area contributed by atoms with E-state index in [-0.39, 0.29) is 5.76 Å². The number of carbonyl (C=O) groups excluding carboxylic acids is 1. The summed E-state index contributed by atoms with van der Waals surface area (Å²) in [5.41, 5.74) is 1.56. The first-order valence-electron chi connectivity index (χ1n) is 5.99. The molecule has 0 aliphatic rings. The SMILES string of the molecule is CN(C)c1ccc(NC(=O)c2ccc(S(N)(=O)=O)o2)cc1. The molecule has 3 N–H and O–H groups in total. The molecule has 1 amide bonds. The van der Waals surface area contributed by atoms with Gasteiger partial charge in [-0.1, -0.05) is 0 Å². The average molecular weight is 309 g/mol. The van der Waals surface area contributed by atoms with Gasteiger partial charge in [0.25, 0.3) is 15.9 Å². The summed E-state index contributed by atoms with van der Waals surface area (Å²) < 4.78 is 27.1. The average Bonchev–Trinajstić information content (AvgIpc) is 2.88. The van der Waals surface area contributed by atoms with Gasteiger partial charge in [0.1, 0.15) is 0 Å². The van der Waals surface area contributed by atoms with E-state index >= 15 is 0 Å². The fraction of sp³-hybridized carbons (Fsp3) is 0.154. The highest BCUT2D eigenvalue weighted by Gasteiger charge is 2.17. The Morgan fingerprint density at radius 1 is 1.14 bits per heavy atom. The summed E-state index contributed by atoms with van der Waals surface area (Å²) >= 11 is 0. The Morgan fingerprint density at radius 3 is 2.24 bits per heavy atom. The van der Waals surface area contributed by atoms with Crippen LogP contribution in [-0.2, 0) is 10.0 Å². The maximum Gasteiger partial charge on any atom is 0.291 e. The molecule has 7 nitrogen and oxygen atoms in total. The number of amides is 1. The van der Waals surface area contributed by atoms with E-state index in [1.165, 1.54) is 6.07 Å². The van der Waals surface area contributed by atoms with E-state index in [4.69, 9.17) is 9.56 Å². The molecule has 112 valence electrons. The lowest BCUT2D eigenvalue weighted by Gasteiger charge is -2.12. The van der Waals surface area contributed by atoms with Crippen molar-refractivity contribution in [2.45, 2.75) is 5.09 Å². The maximum atomic E-state index is 11.9. The van der Waals surface area contributed by atoms with Gasteiger partial charge < -0.3 is 14.6 Å². The molecule has 0 radical (unpaired) electrons. The lowest BCUT2D eigenvalue weighted by atomic mass is 10.2. The third-order valence-corrected chi connectivity index (χ3v) is 3.51. The van der Waals surface area contributed by atoms with Gasteiger partial charge >= 0.3 is 0 Å². The Bertz CT molecular complexity index is 748. The number of rotatable bonds is 4. The van der Waals surface area contributed by atoms with Crippen LogP contribution in [0.2, 0.25) is 0 Å². The fourth-order valence-corrected chi connectivity index (χ4v) is 2.09. The van der Waals surface area contributed by atoms with Gasteiger partial charge in [0.2, 0.25) is 5.09 Å². The molecule has 0 atom stereocenters. The number of benzene rings is 1. The van der Waals surface area contributed by atoms with Crippen molar-refractivity contribution in [3.63, 3.8) is 0 Å². The Labute approximate surface area is 122 Å². The summed E-state index contributed by atoms with van der Waals surface area (Å²) in [6, 6.07) is 9.54. The Hall–Kier alpha value is -2.32. The summed E-state index contributed by atoms with van der Waals surface area (Å²) in [4.78, 5) is 13.8. The van der Waals surface area contributed by atoms with Crippen LogP contribution in [0.5, 0.6) is 0 Å². The standard InChI is InChI=1S/C13H15N3O4S/c1-16(2)10-5-3-9(4-6-10)15-13(17)11-7-8-12(20-11)21(14,18)19/h3-8H,1-2H3,(H,15,17)(H2,14,18,19). The number of anilines is 2. The molecule has 1 heterocycles. The zero-order valence-electron chi connectivity index (χ0n) is 11.5.